The maximum absolute atomic E-state index is 13.9. The van der Waals surface area contributed by atoms with Crippen molar-refractivity contribution in [1.29, 1.82) is 0 Å². The van der Waals surface area contributed by atoms with Gasteiger partial charge in [0.05, 0.1) is 6.20 Å². The van der Waals surface area contributed by atoms with Gasteiger partial charge in [-0.3, -0.25) is 9.78 Å². The Morgan fingerprint density at radius 2 is 2.00 bits per heavy atom. The van der Waals surface area contributed by atoms with Gasteiger partial charge in [-0.15, -0.1) is 0 Å². The number of Topliss-reactive ketones (excluding diaryl/α,β-unsaturated/α-hetero) is 1. The Balaban J connectivity index is 1.37. The molecule has 4 atom stereocenters. The summed E-state index contributed by atoms with van der Waals surface area (Å²) in [4.78, 5) is 17.0. The number of carbonyl (C=O) groups is 1. The molecule has 3 aliphatic rings. The first-order valence-corrected chi connectivity index (χ1v) is 12.9. The van der Waals surface area contributed by atoms with Gasteiger partial charge in [0, 0.05) is 18.2 Å². The van der Waals surface area contributed by atoms with E-state index in [2.05, 4.69) is 50.0 Å². The summed E-state index contributed by atoms with van der Waals surface area (Å²) in [5.74, 6) is 2.37. The minimum Gasteiger partial charge on any atom is -0.294 e. The van der Waals surface area contributed by atoms with Crippen LogP contribution in [0.2, 0.25) is 0 Å². The van der Waals surface area contributed by atoms with E-state index >= 15 is 0 Å². The number of nitrogens with zero attached hydrogens (tertiary/aromatic N) is 1. The number of aromatic nitrogens is 1. The zero-order chi connectivity index (χ0) is 23.2. The van der Waals surface area contributed by atoms with Crippen LogP contribution in [0.15, 0.2) is 42.7 Å². The average molecular weight is 446 g/mol. The maximum Gasteiger partial charge on any atom is 0.163 e. The number of hydrogen-bond acceptors (Lipinski definition) is 2. The Labute approximate surface area is 197 Å². The number of halogens is 1. The first-order valence-electron chi connectivity index (χ1n) is 12.9. The van der Waals surface area contributed by atoms with Gasteiger partial charge < -0.3 is 0 Å². The Morgan fingerprint density at radius 1 is 1.18 bits per heavy atom. The van der Waals surface area contributed by atoms with Gasteiger partial charge in [-0.05, 0) is 95.6 Å². The summed E-state index contributed by atoms with van der Waals surface area (Å²) < 4.78 is 13.9. The summed E-state index contributed by atoms with van der Waals surface area (Å²) in [6.07, 6.45) is 13.9. The van der Waals surface area contributed by atoms with E-state index in [0.29, 0.717) is 35.9 Å². The number of aryl methyl sites for hydroxylation is 1. The second-order valence-electron chi connectivity index (χ2n) is 10.8. The molecule has 33 heavy (non-hydrogen) atoms. The molecule has 3 heteroatoms. The third-order valence-electron chi connectivity index (χ3n) is 9.27. The van der Waals surface area contributed by atoms with Gasteiger partial charge in [0.15, 0.2) is 5.78 Å². The molecule has 3 aliphatic carbocycles. The fourth-order valence-corrected chi connectivity index (χ4v) is 7.29. The SMILES string of the molecule is CCC(CC)CC(=O)c1ccc2c(c1)CC[C@@H]1[C@@H]2CC[C@]2(C)C(c3cncc(F)c3)=CC[C@@H]12. The number of fused-ring (bicyclic) bond motifs is 5. The Kier molecular flexibility index (Phi) is 6.01. The standard InChI is InChI=1S/C30H36FNO/c1-4-19(5-2)14-29(33)21-7-8-24-20(15-21)6-9-26-25(24)12-13-30(3)27(10-11-28(26)30)22-16-23(31)18-32-17-22/h7-8,10,15-19,25-26,28H,4-6,9,11-14H2,1-3H3/t25-,26-,28+,30-/m1/s1. The van der Waals surface area contributed by atoms with Crippen molar-refractivity contribution in [2.45, 2.75) is 78.1 Å². The molecular formula is C30H36FNO. The van der Waals surface area contributed by atoms with Gasteiger partial charge in [-0.2, -0.15) is 0 Å². The molecule has 174 valence electrons. The highest BCUT2D eigenvalue weighted by molar-refractivity contribution is 5.96. The molecule has 1 aromatic heterocycles. The molecular weight excluding hydrogens is 409 g/mol. The van der Waals surface area contributed by atoms with Gasteiger partial charge in [0.1, 0.15) is 5.82 Å². The predicted octanol–water partition coefficient (Wildman–Crippen LogP) is 7.78. The van der Waals surface area contributed by atoms with Crippen LogP contribution >= 0.6 is 0 Å². The highest BCUT2D eigenvalue weighted by Gasteiger charge is 2.52. The summed E-state index contributed by atoms with van der Waals surface area (Å²) in [6, 6.07) is 8.22. The lowest BCUT2D eigenvalue weighted by Gasteiger charge is -2.50. The smallest absolute Gasteiger partial charge is 0.163 e. The lowest BCUT2D eigenvalue weighted by molar-refractivity contribution is 0.0884. The second kappa shape index (κ2) is 8.81. The fraction of sp³-hybridized carbons (Fsp3) is 0.533. The molecule has 0 bridgehead atoms. The molecule has 0 saturated heterocycles. The van der Waals surface area contributed by atoms with Crippen LogP contribution in [-0.4, -0.2) is 10.8 Å². The van der Waals surface area contributed by atoms with Crippen molar-refractivity contribution >= 4 is 11.4 Å². The highest BCUT2D eigenvalue weighted by atomic mass is 19.1. The monoisotopic (exact) mass is 445 g/mol. The molecule has 0 spiro atoms. The molecule has 0 unspecified atom stereocenters. The minimum absolute atomic E-state index is 0.0966. The van der Waals surface area contributed by atoms with Gasteiger partial charge in [0.25, 0.3) is 0 Å². The lowest BCUT2D eigenvalue weighted by Crippen LogP contribution is -2.41. The zero-order valence-electron chi connectivity index (χ0n) is 20.2. The first-order chi connectivity index (χ1) is 15.9. The summed E-state index contributed by atoms with van der Waals surface area (Å²) >= 11 is 0. The number of benzene rings is 1. The molecule has 1 fully saturated rings. The topological polar surface area (TPSA) is 30.0 Å². The zero-order valence-corrected chi connectivity index (χ0v) is 20.2. The number of pyridine rings is 1. The third-order valence-corrected chi connectivity index (χ3v) is 9.27. The van der Waals surface area contributed by atoms with E-state index in [1.165, 1.54) is 29.3 Å². The van der Waals surface area contributed by atoms with Crippen molar-refractivity contribution in [3.8, 4) is 0 Å². The van der Waals surface area contributed by atoms with Crippen LogP contribution in [0.4, 0.5) is 4.39 Å². The summed E-state index contributed by atoms with van der Waals surface area (Å²) in [7, 11) is 0. The Hall–Kier alpha value is -2.29. The first kappa shape index (κ1) is 22.5. The van der Waals surface area contributed by atoms with Gasteiger partial charge in [-0.25, -0.2) is 4.39 Å². The van der Waals surface area contributed by atoms with E-state index in [1.807, 2.05) is 6.20 Å². The number of ketones is 1. The van der Waals surface area contributed by atoms with E-state index in [1.54, 1.807) is 6.07 Å². The quantitative estimate of drug-likeness (QED) is 0.425. The van der Waals surface area contributed by atoms with E-state index in [0.717, 1.165) is 49.7 Å². The molecule has 0 N–H and O–H groups in total. The molecule has 0 radical (unpaired) electrons. The number of rotatable bonds is 6. The molecule has 5 rings (SSSR count). The van der Waals surface area contributed by atoms with Gasteiger partial charge >= 0.3 is 0 Å². The summed E-state index contributed by atoms with van der Waals surface area (Å²) in [5, 5.41) is 0. The van der Waals surface area contributed by atoms with Crippen LogP contribution in [0.3, 0.4) is 0 Å². The Morgan fingerprint density at radius 3 is 2.76 bits per heavy atom. The second-order valence-corrected chi connectivity index (χ2v) is 10.8. The molecule has 2 nitrogen and oxygen atoms in total. The van der Waals surface area contributed by atoms with Crippen LogP contribution in [0.5, 0.6) is 0 Å². The molecule has 1 heterocycles. The molecule has 0 amide bonds. The van der Waals surface area contributed by atoms with Crippen LogP contribution < -0.4 is 0 Å². The number of carbonyl (C=O) groups excluding carboxylic acids is 1. The normalized spacial score (nSPS) is 28.2. The van der Waals surface area contributed by atoms with Crippen LogP contribution in [0.25, 0.3) is 5.57 Å². The third kappa shape index (κ3) is 3.88. The van der Waals surface area contributed by atoms with Crippen molar-refractivity contribution in [2.75, 3.05) is 0 Å². The fourth-order valence-electron chi connectivity index (χ4n) is 7.29. The van der Waals surface area contributed by atoms with Crippen molar-refractivity contribution in [3.05, 3.63) is 70.8 Å². The van der Waals surface area contributed by atoms with Crippen LogP contribution in [0.1, 0.15) is 98.7 Å². The van der Waals surface area contributed by atoms with Crippen molar-refractivity contribution < 1.29 is 9.18 Å². The average Bonchev–Trinajstić information content (AvgIpc) is 3.19. The largest absolute Gasteiger partial charge is 0.294 e. The number of hydrogen-bond donors (Lipinski definition) is 0. The number of allylic oxidation sites excluding steroid dienone is 2. The molecule has 0 aliphatic heterocycles. The minimum atomic E-state index is -0.254. The summed E-state index contributed by atoms with van der Waals surface area (Å²) in [6.45, 7) is 6.76. The van der Waals surface area contributed by atoms with E-state index in [4.69, 9.17) is 0 Å². The molecule has 2 aromatic rings. The molecule has 1 saturated carbocycles. The van der Waals surface area contributed by atoms with Gasteiger partial charge in [-0.1, -0.05) is 51.8 Å². The van der Waals surface area contributed by atoms with E-state index in [-0.39, 0.29) is 11.2 Å². The van der Waals surface area contributed by atoms with Crippen LogP contribution in [-0.2, 0) is 6.42 Å². The predicted molar refractivity (Wildman–Crippen MR) is 132 cm³/mol. The van der Waals surface area contributed by atoms with E-state index in [9.17, 15) is 9.18 Å². The lowest BCUT2D eigenvalue weighted by atomic mass is 9.54. The highest BCUT2D eigenvalue weighted by Crippen LogP contribution is 2.63. The van der Waals surface area contributed by atoms with E-state index < -0.39 is 0 Å². The van der Waals surface area contributed by atoms with Crippen molar-refractivity contribution in [1.82, 2.24) is 4.98 Å². The van der Waals surface area contributed by atoms with Crippen molar-refractivity contribution in [3.63, 3.8) is 0 Å². The summed E-state index contributed by atoms with van der Waals surface area (Å²) in [5.41, 5.74) is 6.13. The Bertz CT molecular complexity index is 1080. The molecule has 1 aromatic carbocycles. The van der Waals surface area contributed by atoms with Crippen LogP contribution in [0, 0.1) is 29.0 Å². The van der Waals surface area contributed by atoms with Crippen molar-refractivity contribution in [2.24, 2.45) is 23.2 Å². The maximum atomic E-state index is 13.9. The van der Waals surface area contributed by atoms with Gasteiger partial charge in [0.2, 0.25) is 0 Å².